The van der Waals surface area contributed by atoms with E-state index in [0.717, 1.165) is 28.0 Å². The Morgan fingerprint density at radius 3 is 2.44 bits per heavy atom. The van der Waals surface area contributed by atoms with Crippen LogP contribution >= 0.6 is 17.0 Å². The lowest BCUT2D eigenvalue weighted by Gasteiger charge is -2.13. The summed E-state index contributed by atoms with van der Waals surface area (Å²) in [7, 11) is 3.83. The van der Waals surface area contributed by atoms with Crippen molar-refractivity contribution in [3.8, 4) is 0 Å². The van der Waals surface area contributed by atoms with Gasteiger partial charge in [0.05, 0.1) is 5.70 Å². The van der Waals surface area contributed by atoms with Crippen molar-refractivity contribution in [3.63, 3.8) is 0 Å². The van der Waals surface area contributed by atoms with Crippen molar-refractivity contribution in [2.24, 2.45) is 0 Å². The summed E-state index contributed by atoms with van der Waals surface area (Å²) in [4.78, 5) is 14.3. The summed E-state index contributed by atoms with van der Waals surface area (Å²) in [5, 5.41) is 0. The SMILES string of the molecule is Br.C/C=C\C1=C(N(C)C)C(=O)c2c(C)cccc21. The van der Waals surface area contributed by atoms with Gasteiger partial charge in [-0.3, -0.25) is 4.79 Å². The lowest BCUT2D eigenvalue weighted by molar-refractivity contribution is 0.101. The molecule has 18 heavy (non-hydrogen) atoms. The maximum absolute atomic E-state index is 12.4. The molecule has 2 rings (SSSR count). The Labute approximate surface area is 119 Å². The van der Waals surface area contributed by atoms with Crippen molar-refractivity contribution in [2.45, 2.75) is 13.8 Å². The molecule has 0 bridgehead atoms. The minimum absolute atomic E-state index is 0. The van der Waals surface area contributed by atoms with Gasteiger partial charge in [0.1, 0.15) is 0 Å². The van der Waals surface area contributed by atoms with Gasteiger partial charge in [-0.15, -0.1) is 17.0 Å². The predicted molar refractivity (Wildman–Crippen MR) is 81.3 cm³/mol. The van der Waals surface area contributed by atoms with E-state index in [4.69, 9.17) is 0 Å². The second kappa shape index (κ2) is 5.53. The van der Waals surface area contributed by atoms with Crippen LogP contribution in [0.4, 0.5) is 0 Å². The number of halogens is 1. The van der Waals surface area contributed by atoms with E-state index in [1.807, 2.05) is 63.2 Å². The first kappa shape index (κ1) is 14.7. The molecule has 3 heteroatoms. The minimum atomic E-state index is 0. The van der Waals surface area contributed by atoms with Crippen molar-refractivity contribution in [2.75, 3.05) is 14.1 Å². The minimum Gasteiger partial charge on any atom is -0.374 e. The quantitative estimate of drug-likeness (QED) is 0.832. The van der Waals surface area contributed by atoms with Gasteiger partial charge in [0.15, 0.2) is 0 Å². The van der Waals surface area contributed by atoms with Gasteiger partial charge in [-0.05, 0) is 25.0 Å². The summed E-state index contributed by atoms with van der Waals surface area (Å²) in [6.45, 7) is 3.96. The molecule has 2 nitrogen and oxygen atoms in total. The van der Waals surface area contributed by atoms with Crippen LogP contribution in [0, 0.1) is 6.92 Å². The Kier molecular flexibility index (Phi) is 4.52. The third-order valence-corrected chi connectivity index (χ3v) is 3.04. The topological polar surface area (TPSA) is 20.3 Å². The highest BCUT2D eigenvalue weighted by molar-refractivity contribution is 8.93. The van der Waals surface area contributed by atoms with Crippen molar-refractivity contribution in [1.29, 1.82) is 0 Å². The number of benzene rings is 1. The van der Waals surface area contributed by atoms with Gasteiger partial charge in [-0.25, -0.2) is 0 Å². The highest BCUT2D eigenvalue weighted by Crippen LogP contribution is 2.36. The van der Waals surface area contributed by atoms with Crippen LogP contribution in [0.5, 0.6) is 0 Å². The molecule has 0 fully saturated rings. The fourth-order valence-corrected chi connectivity index (χ4v) is 2.34. The van der Waals surface area contributed by atoms with Crippen LogP contribution in [0.15, 0.2) is 36.0 Å². The molecule has 1 aromatic carbocycles. The predicted octanol–water partition coefficient (Wildman–Crippen LogP) is 3.62. The van der Waals surface area contributed by atoms with Gasteiger partial charge in [0, 0.05) is 25.2 Å². The zero-order chi connectivity index (χ0) is 12.6. The zero-order valence-electron chi connectivity index (χ0n) is 11.2. The molecule has 1 aliphatic carbocycles. The number of hydrogen-bond donors (Lipinski definition) is 0. The Hall–Kier alpha value is -1.35. The molecule has 1 aromatic rings. The fourth-order valence-electron chi connectivity index (χ4n) is 2.34. The van der Waals surface area contributed by atoms with Crippen LogP contribution < -0.4 is 0 Å². The van der Waals surface area contributed by atoms with Crippen molar-refractivity contribution >= 4 is 28.3 Å². The van der Waals surface area contributed by atoms with Gasteiger partial charge < -0.3 is 4.90 Å². The molecule has 0 amide bonds. The summed E-state index contributed by atoms with van der Waals surface area (Å²) < 4.78 is 0. The number of ketones is 1. The number of Topliss-reactive ketones (excluding diaryl/α,β-unsaturated/α-hetero) is 1. The average molecular weight is 308 g/mol. The van der Waals surface area contributed by atoms with Crippen LogP contribution in [0.3, 0.4) is 0 Å². The Bertz CT molecular complexity index is 541. The van der Waals surface area contributed by atoms with E-state index < -0.39 is 0 Å². The second-order valence-electron chi connectivity index (χ2n) is 4.48. The van der Waals surface area contributed by atoms with Crippen molar-refractivity contribution in [1.82, 2.24) is 4.90 Å². The van der Waals surface area contributed by atoms with E-state index in [1.54, 1.807) is 0 Å². The molecule has 0 saturated heterocycles. The molecule has 0 radical (unpaired) electrons. The van der Waals surface area contributed by atoms with E-state index in [0.29, 0.717) is 0 Å². The third kappa shape index (κ3) is 2.15. The van der Waals surface area contributed by atoms with Crippen LogP contribution in [0.1, 0.15) is 28.4 Å². The molecule has 96 valence electrons. The molecular formula is C15H18BrNO. The second-order valence-corrected chi connectivity index (χ2v) is 4.48. The highest BCUT2D eigenvalue weighted by Gasteiger charge is 2.30. The average Bonchev–Trinajstić information content (AvgIpc) is 2.54. The number of rotatable bonds is 2. The first-order chi connectivity index (χ1) is 8.07. The van der Waals surface area contributed by atoms with Gasteiger partial charge in [0.2, 0.25) is 5.78 Å². The lowest BCUT2D eigenvalue weighted by Crippen LogP contribution is -2.17. The van der Waals surface area contributed by atoms with Crippen molar-refractivity contribution < 1.29 is 4.79 Å². The van der Waals surface area contributed by atoms with E-state index in [-0.39, 0.29) is 22.8 Å². The summed E-state index contributed by atoms with van der Waals surface area (Å²) >= 11 is 0. The summed E-state index contributed by atoms with van der Waals surface area (Å²) in [5.74, 6) is 0.135. The van der Waals surface area contributed by atoms with E-state index in [2.05, 4.69) is 0 Å². The summed E-state index contributed by atoms with van der Waals surface area (Å²) in [6.07, 6.45) is 3.99. The van der Waals surface area contributed by atoms with Crippen LogP contribution in [0.2, 0.25) is 0 Å². The molecule has 1 aliphatic rings. The van der Waals surface area contributed by atoms with Crippen LogP contribution in [-0.2, 0) is 0 Å². The molecule has 0 spiro atoms. The normalized spacial score (nSPS) is 13.9. The first-order valence-corrected chi connectivity index (χ1v) is 5.77. The van der Waals surface area contributed by atoms with Crippen LogP contribution in [-0.4, -0.2) is 24.8 Å². The van der Waals surface area contributed by atoms with Gasteiger partial charge in [-0.2, -0.15) is 0 Å². The standard InChI is InChI=1S/C15H17NO.BrH/c1-5-7-12-11-9-6-8-10(2)13(11)15(17)14(12)16(3)4;/h5-9H,1-4H3;1H/b7-5-;. The molecule has 0 aliphatic heterocycles. The number of carbonyl (C=O) groups excluding carboxylic acids is 1. The highest BCUT2D eigenvalue weighted by atomic mass is 79.9. The third-order valence-electron chi connectivity index (χ3n) is 3.04. The largest absolute Gasteiger partial charge is 0.374 e. The molecule has 0 atom stereocenters. The molecule has 0 unspecified atom stereocenters. The van der Waals surface area contributed by atoms with Gasteiger partial charge in [-0.1, -0.05) is 30.4 Å². The van der Waals surface area contributed by atoms with E-state index >= 15 is 0 Å². The molecule has 0 aromatic heterocycles. The van der Waals surface area contributed by atoms with E-state index in [9.17, 15) is 4.79 Å². The monoisotopic (exact) mass is 307 g/mol. The van der Waals surface area contributed by atoms with Crippen LogP contribution in [0.25, 0.3) is 5.57 Å². The summed E-state index contributed by atoms with van der Waals surface area (Å²) in [6, 6.07) is 6.01. The number of aryl methyl sites for hydroxylation is 1. The number of allylic oxidation sites excluding steroid dienone is 4. The maximum Gasteiger partial charge on any atom is 0.210 e. The van der Waals surface area contributed by atoms with Gasteiger partial charge in [0.25, 0.3) is 0 Å². The number of nitrogens with zero attached hydrogens (tertiary/aromatic N) is 1. The Balaban J connectivity index is 0.00000162. The maximum atomic E-state index is 12.4. The van der Waals surface area contributed by atoms with E-state index in [1.165, 1.54) is 0 Å². The Morgan fingerprint density at radius 1 is 1.22 bits per heavy atom. The molecule has 0 N–H and O–H groups in total. The number of hydrogen-bond acceptors (Lipinski definition) is 2. The zero-order valence-corrected chi connectivity index (χ0v) is 12.9. The number of likely N-dealkylation sites (N-methyl/N-ethyl adjacent to an activating group) is 1. The molecule has 0 heterocycles. The summed E-state index contributed by atoms with van der Waals surface area (Å²) in [5.41, 5.74) is 4.76. The van der Waals surface area contributed by atoms with Crippen molar-refractivity contribution in [3.05, 3.63) is 52.7 Å². The Morgan fingerprint density at radius 2 is 1.89 bits per heavy atom. The van der Waals surface area contributed by atoms with Gasteiger partial charge >= 0.3 is 0 Å². The molecule has 0 saturated carbocycles. The smallest absolute Gasteiger partial charge is 0.210 e. The number of carbonyl (C=O) groups is 1. The molecular weight excluding hydrogens is 290 g/mol. The number of fused-ring (bicyclic) bond motifs is 1. The lowest BCUT2D eigenvalue weighted by atomic mass is 10.0. The first-order valence-electron chi connectivity index (χ1n) is 5.77. The fraction of sp³-hybridized carbons (Fsp3) is 0.267.